The summed E-state index contributed by atoms with van der Waals surface area (Å²) < 4.78 is 6.88. The van der Waals surface area contributed by atoms with E-state index in [4.69, 9.17) is 16.0 Å². The lowest BCUT2D eigenvalue weighted by molar-refractivity contribution is 0.669. The van der Waals surface area contributed by atoms with Gasteiger partial charge in [-0.2, -0.15) is 0 Å². The van der Waals surface area contributed by atoms with Crippen LogP contribution in [0.4, 0.5) is 0 Å². The van der Waals surface area contributed by atoms with Gasteiger partial charge in [-0.15, -0.1) is 0 Å². The van der Waals surface area contributed by atoms with E-state index in [9.17, 15) is 0 Å². The van der Waals surface area contributed by atoms with Gasteiger partial charge in [0, 0.05) is 14.3 Å². The predicted octanol–water partition coefficient (Wildman–Crippen LogP) is 4.84. The summed E-state index contributed by atoms with van der Waals surface area (Å²) in [5.74, 6) is 0. The first-order valence-corrected chi connectivity index (χ1v) is 5.97. The number of hydrogen-bond acceptors (Lipinski definition) is 1. The van der Waals surface area contributed by atoms with Crippen molar-refractivity contribution in [1.82, 2.24) is 0 Å². The van der Waals surface area contributed by atoms with Crippen molar-refractivity contribution in [2.24, 2.45) is 0 Å². The largest absolute Gasteiger partial charge is 0.456 e. The number of hydrogen-bond donors (Lipinski definition) is 0. The zero-order chi connectivity index (χ0) is 10.4. The highest BCUT2D eigenvalue weighted by Gasteiger charge is 2.09. The molecular weight excluding hydrogens is 322 g/mol. The number of halogens is 2. The van der Waals surface area contributed by atoms with E-state index in [1.165, 1.54) is 3.57 Å². The molecule has 0 spiro atoms. The fourth-order valence-electron chi connectivity index (χ4n) is 1.76. The van der Waals surface area contributed by atoms with Gasteiger partial charge in [0.05, 0.1) is 5.02 Å². The Balaban J connectivity index is 2.61. The van der Waals surface area contributed by atoms with E-state index in [0.29, 0.717) is 0 Å². The van der Waals surface area contributed by atoms with Gasteiger partial charge in [-0.05, 0) is 52.9 Å². The Kier molecular flexibility index (Phi) is 2.14. The molecule has 0 aliphatic heterocycles. The second-order valence-electron chi connectivity index (χ2n) is 3.36. The molecule has 0 unspecified atom stereocenters. The van der Waals surface area contributed by atoms with Crippen LogP contribution in [0, 0.1) is 3.57 Å². The van der Waals surface area contributed by atoms with Gasteiger partial charge >= 0.3 is 0 Å². The van der Waals surface area contributed by atoms with E-state index in [1.807, 2.05) is 30.3 Å². The molecule has 1 heterocycles. The van der Waals surface area contributed by atoms with E-state index in [2.05, 4.69) is 28.7 Å². The topological polar surface area (TPSA) is 13.1 Å². The maximum Gasteiger partial charge on any atom is 0.136 e. The van der Waals surface area contributed by atoms with Gasteiger partial charge in [0.2, 0.25) is 0 Å². The van der Waals surface area contributed by atoms with E-state index < -0.39 is 0 Å². The van der Waals surface area contributed by atoms with Crippen molar-refractivity contribution in [3.63, 3.8) is 0 Å². The van der Waals surface area contributed by atoms with Crippen LogP contribution in [-0.4, -0.2) is 0 Å². The van der Waals surface area contributed by atoms with Crippen molar-refractivity contribution in [2.45, 2.75) is 0 Å². The lowest BCUT2D eigenvalue weighted by atomic mass is 10.1. The number of rotatable bonds is 0. The van der Waals surface area contributed by atoms with Crippen molar-refractivity contribution in [2.75, 3.05) is 0 Å². The normalized spacial score (nSPS) is 11.3. The van der Waals surface area contributed by atoms with Gasteiger partial charge in [-0.1, -0.05) is 17.7 Å². The van der Waals surface area contributed by atoms with Crippen LogP contribution >= 0.6 is 34.2 Å². The highest BCUT2D eigenvalue weighted by atomic mass is 127. The molecule has 3 rings (SSSR count). The highest BCUT2D eigenvalue weighted by molar-refractivity contribution is 14.1. The number of fused-ring (bicyclic) bond motifs is 3. The van der Waals surface area contributed by atoms with Crippen LogP contribution in [0.2, 0.25) is 5.02 Å². The molecule has 2 aromatic carbocycles. The summed E-state index contributed by atoms with van der Waals surface area (Å²) in [7, 11) is 0. The molecular formula is C12H6ClIO. The van der Waals surface area contributed by atoms with Crippen LogP contribution < -0.4 is 0 Å². The summed E-state index contributed by atoms with van der Waals surface area (Å²) in [6, 6.07) is 11.8. The molecule has 0 N–H and O–H groups in total. The molecule has 0 radical (unpaired) electrons. The molecule has 1 nitrogen and oxygen atoms in total. The van der Waals surface area contributed by atoms with Gasteiger partial charge in [-0.25, -0.2) is 0 Å². The summed E-state index contributed by atoms with van der Waals surface area (Å²) >= 11 is 8.45. The Morgan fingerprint density at radius 1 is 1.07 bits per heavy atom. The molecule has 0 bridgehead atoms. The van der Waals surface area contributed by atoms with Crippen molar-refractivity contribution in [3.8, 4) is 0 Å². The molecule has 0 saturated carbocycles. The summed E-state index contributed by atoms with van der Waals surface area (Å²) in [6.07, 6.45) is 0. The van der Waals surface area contributed by atoms with E-state index in [0.717, 1.165) is 27.0 Å². The third-order valence-corrected chi connectivity index (χ3v) is 3.39. The average Bonchev–Trinajstić information content (AvgIpc) is 2.57. The smallest absolute Gasteiger partial charge is 0.136 e. The van der Waals surface area contributed by atoms with Crippen LogP contribution in [0.1, 0.15) is 0 Å². The molecule has 3 heteroatoms. The Morgan fingerprint density at radius 3 is 2.80 bits per heavy atom. The van der Waals surface area contributed by atoms with Crippen LogP contribution in [0.3, 0.4) is 0 Å². The fraction of sp³-hybridized carbons (Fsp3) is 0. The molecule has 0 aliphatic carbocycles. The van der Waals surface area contributed by atoms with Gasteiger partial charge in [0.15, 0.2) is 0 Å². The summed E-state index contributed by atoms with van der Waals surface area (Å²) in [5.41, 5.74) is 1.73. The van der Waals surface area contributed by atoms with Crippen molar-refractivity contribution < 1.29 is 4.42 Å². The first-order valence-electron chi connectivity index (χ1n) is 4.52. The second-order valence-corrected chi connectivity index (χ2v) is 5.01. The Bertz CT molecular complexity index is 657. The van der Waals surface area contributed by atoms with E-state index in [-0.39, 0.29) is 0 Å². The first-order chi connectivity index (χ1) is 7.25. The molecule has 3 aromatic rings. The van der Waals surface area contributed by atoms with Gasteiger partial charge < -0.3 is 4.42 Å². The minimum absolute atomic E-state index is 0.744. The summed E-state index contributed by atoms with van der Waals surface area (Å²) in [6.45, 7) is 0. The van der Waals surface area contributed by atoms with Crippen molar-refractivity contribution in [3.05, 3.63) is 45.0 Å². The zero-order valence-electron chi connectivity index (χ0n) is 7.63. The van der Waals surface area contributed by atoms with Crippen LogP contribution in [0.5, 0.6) is 0 Å². The van der Waals surface area contributed by atoms with Gasteiger partial charge in [0.1, 0.15) is 11.2 Å². The summed E-state index contributed by atoms with van der Waals surface area (Å²) in [5, 5.41) is 2.84. The molecule has 74 valence electrons. The lowest BCUT2D eigenvalue weighted by Crippen LogP contribution is -1.71. The molecule has 1 aromatic heterocycles. The molecule has 0 amide bonds. The van der Waals surface area contributed by atoms with Crippen molar-refractivity contribution in [1.29, 1.82) is 0 Å². The fourth-order valence-corrected chi connectivity index (χ4v) is 2.51. The maximum absolute atomic E-state index is 6.17. The molecule has 0 fully saturated rings. The molecule has 0 aliphatic rings. The predicted molar refractivity (Wildman–Crippen MR) is 71.4 cm³/mol. The standard InChI is InChI=1S/C12H6ClIO/c13-9-2-1-3-11-12(9)8-6-7(14)4-5-10(8)15-11/h1-6H. The van der Waals surface area contributed by atoms with Crippen molar-refractivity contribution >= 4 is 56.1 Å². The highest BCUT2D eigenvalue weighted by Crippen LogP contribution is 2.34. The van der Waals surface area contributed by atoms with Crippen LogP contribution in [0.15, 0.2) is 40.8 Å². The average molecular weight is 329 g/mol. The van der Waals surface area contributed by atoms with Gasteiger partial charge in [0.25, 0.3) is 0 Å². The number of furan rings is 1. The van der Waals surface area contributed by atoms with Crippen LogP contribution in [0.25, 0.3) is 21.9 Å². The summed E-state index contributed by atoms with van der Waals surface area (Å²) in [4.78, 5) is 0. The number of benzene rings is 2. The third kappa shape index (κ3) is 1.43. The molecule has 0 saturated heterocycles. The minimum atomic E-state index is 0.744. The van der Waals surface area contributed by atoms with E-state index >= 15 is 0 Å². The Hall–Kier alpha value is -0.740. The zero-order valence-corrected chi connectivity index (χ0v) is 10.5. The van der Waals surface area contributed by atoms with Gasteiger partial charge in [-0.3, -0.25) is 0 Å². The SMILES string of the molecule is Clc1cccc2oc3ccc(I)cc3c12. The maximum atomic E-state index is 6.17. The molecule has 15 heavy (non-hydrogen) atoms. The first kappa shape index (κ1) is 9.48. The lowest BCUT2D eigenvalue weighted by Gasteiger charge is -1.92. The Labute approximate surface area is 105 Å². The minimum Gasteiger partial charge on any atom is -0.456 e. The second kappa shape index (κ2) is 3.39. The van der Waals surface area contributed by atoms with E-state index in [1.54, 1.807) is 0 Å². The monoisotopic (exact) mass is 328 g/mol. The quantitative estimate of drug-likeness (QED) is 0.538. The third-order valence-electron chi connectivity index (χ3n) is 2.41. The van der Waals surface area contributed by atoms with Crippen LogP contribution in [-0.2, 0) is 0 Å². The Morgan fingerprint density at radius 2 is 1.93 bits per heavy atom. The molecule has 0 atom stereocenters.